The van der Waals surface area contributed by atoms with Crippen molar-refractivity contribution in [1.29, 1.82) is 0 Å². The summed E-state index contributed by atoms with van der Waals surface area (Å²) in [6, 6.07) is 9.18. The van der Waals surface area contributed by atoms with E-state index in [-0.39, 0.29) is 16.7 Å². The summed E-state index contributed by atoms with van der Waals surface area (Å²) in [5.41, 5.74) is 2.75. The third-order valence-electron chi connectivity index (χ3n) is 3.25. The van der Waals surface area contributed by atoms with Gasteiger partial charge < -0.3 is 5.32 Å². The Labute approximate surface area is 117 Å². The fourth-order valence-corrected chi connectivity index (χ4v) is 2.11. The summed E-state index contributed by atoms with van der Waals surface area (Å²) in [7, 11) is 0. The smallest absolute Gasteiger partial charge is 0.274 e. The van der Waals surface area contributed by atoms with Gasteiger partial charge >= 0.3 is 0 Å². The lowest BCUT2D eigenvalue weighted by Crippen LogP contribution is -2.07. The van der Waals surface area contributed by atoms with Gasteiger partial charge in [0.15, 0.2) is 0 Å². The third-order valence-corrected chi connectivity index (χ3v) is 3.25. The molecule has 2 rings (SSSR count). The van der Waals surface area contributed by atoms with E-state index in [1.165, 1.54) is 0 Å². The lowest BCUT2D eigenvalue weighted by atomic mass is 10.1. The second-order valence-electron chi connectivity index (χ2n) is 4.60. The van der Waals surface area contributed by atoms with Crippen LogP contribution < -0.4 is 5.32 Å². The van der Waals surface area contributed by atoms with Gasteiger partial charge in [-0.1, -0.05) is 13.0 Å². The molecule has 1 atom stereocenters. The molecule has 0 bridgehead atoms. The van der Waals surface area contributed by atoms with Crippen molar-refractivity contribution in [1.82, 2.24) is 4.98 Å². The first-order chi connectivity index (χ1) is 9.61. The quantitative estimate of drug-likeness (QED) is 0.664. The van der Waals surface area contributed by atoms with E-state index >= 15 is 0 Å². The Kier molecular flexibility index (Phi) is 4.30. The van der Waals surface area contributed by atoms with Crippen molar-refractivity contribution in [3.63, 3.8) is 0 Å². The van der Waals surface area contributed by atoms with Crippen LogP contribution in [0, 0.1) is 10.1 Å². The second kappa shape index (κ2) is 6.14. The van der Waals surface area contributed by atoms with E-state index in [1.54, 1.807) is 24.5 Å². The van der Waals surface area contributed by atoms with Gasteiger partial charge in [0.25, 0.3) is 5.69 Å². The molecule has 1 N–H and O–H groups in total. The Hall–Kier alpha value is -2.43. The third kappa shape index (κ3) is 3.12. The number of nitro groups is 1. The molecule has 0 saturated carbocycles. The van der Waals surface area contributed by atoms with Crippen molar-refractivity contribution in [3.8, 4) is 0 Å². The molecule has 0 aliphatic rings. The number of nitro benzene ring substituents is 1. The molecule has 1 unspecified atom stereocenters. The molecule has 5 nitrogen and oxygen atoms in total. The summed E-state index contributed by atoms with van der Waals surface area (Å²) in [6.45, 7) is 3.92. The minimum absolute atomic E-state index is 0.0603. The first kappa shape index (κ1) is 14.0. The maximum Gasteiger partial charge on any atom is 0.274 e. The van der Waals surface area contributed by atoms with Crippen molar-refractivity contribution >= 4 is 11.4 Å². The Morgan fingerprint density at radius 2 is 2.00 bits per heavy atom. The second-order valence-corrected chi connectivity index (χ2v) is 4.60. The molecule has 0 aliphatic heterocycles. The predicted octanol–water partition coefficient (Wildman–Crippen LogP) is 3.73. The number of anilines is 1. The molecule has 1 aromatic heterocycles. The van der Waals surface area contributed by atoms with Gasteiger partial charge in [-0.2, -0.15) is 0 Å². The molecule has 20 heavy (non-hydrogen) atoms. The summed E-state index contributed by atoms with van der Waals surface area (Å²) >= 11 is 0. The zero-order valence-electron chi connectivity index (χ0n) is 11.5. The summed E-state index contributed by atoms with van der Waals surface area (Å²) in [5, 5.41) is 14.3. The van der Waals surface area contributed by atoms with Crippen LogP contribution in [0.3, 0.4) is 0 Å². The van der Waals surface area contributed by atoms with Crippen LogP contribution in [0.15, 0.2) is 42.7 Å². The van der Waals surface area contributed by atoms with E-state index in [2.05, 4.69) is 10.3 Å². The molecular formula is C15H17N3O2. The number of hydrogen-bond acceptors (Lipinski definition) is 4. The highest BCUT2D eigenvalue weighted by molar-refractivity contribution is 5.56. The van der Waals surface area contributed by atoms with Crippen molar-refractivity contribution in [2.75, 3.05) is 5.32 Å². The number of nitrogens with one attached hydrogen (secondary N) is 1. The molecule has 2 aromatic rings. The number of rotatable bonds is 5. The van der Waals surface area contributed by atoms with E-state index in [9.17, 15) is 10.1 Å². The highest BCUT2D eigenvalue weighted by Crippen LogP contribution is 2.26. The van der Waals surface area contributed by atoms with Crippen LogP contribution in [0.1, 0.15) is 31.0 Å². The van der Waals surface area contributed by atoms with Crippen LogP contribution in [0.4, 0.5) is 11.4 Å². The molecule has 1 heterocycles. The lowest BCUT2D eigenvalue weighted by Gasteiger charge is -2.15. The first-order valence-corrected chi connectivity index (χ1v) is 6.55. The summed E-state index contributed by atoms with van der Waals surface area (Å²) in [5.74, 6) is 0. The van der Waals surface area contributed by atoms with Crippen molar-refractivity contribution in [3.05, 3.63) is 64.0 Å². The number of nitrogens with zero attached hydrogens (tertiary/aromatic N) is 2. The Morgan fingerprint density at radius 3 is 2.60 bits per heavy atom. The fraction of sp³-hybridized carbons (Fsp3) is 0.267. The van der Waals surface area contributed by atoms with Gasteiger partial charge in [-0.15, -0.1) is 0 Å². The van der Waals surface area contributed by atoms with E-state index in [0.717, 1.165) is 16.8 Å². The van der Waals surface area contributed by atoms with Crippen LogP contribution in [0.25, 0.3) is 0 Å². The van der Waals surface area contributed by atoms with Crippen molar-refractivity contribution < 1.29 is 4.92 Å². The molecule has 0 saturated heterocycles. The number of hydrogen-bond donors (Lipinski definition) is 1. The van der Waals surface area contributed by atoms with E-state index in [4.69, 9.17) is 0 Å². The van der Waals surface area contributed by atoms with Gasteiger partial charge in [-0.3, -0.25) is 15.1 Å². The number of aromatic nitrogens is 1. The van der Waals surface area contributed by atoms with Crippen LogP contribution >= 0.6 is 0 Å². The van der Waals surface area contributed by atoms with Crippen molar-refractivity contribution in [2.24, 2.45) is 0 Å². The highest BCUT2D eigenvalue weighted by Gasteiger charge is 2.14. The molecule has 0 spiro atoms. The van der Waals surface area contributed by atoms with Gasteiger partial charge in [0.1, 0.15) is 0 Å². The Bertz CT molecular complexity index is 599. The zero-order chi connectivity index (χ0) is 14.5. The molecule has 1 aromatic carbocycles. The summed E-state index contributed by atoms with van der Waals surface area (Å²) in [6.07, 6.45) is 4.11. The average molecular weight is 271 g/mol. The Balaban J connectivity index is 2.22. The van der Waals surface area contributed by atoms with Gasteiger partial charge in [0, 0.05) is 35.8 Å². The van der Waals surface area contributed by atoms with Gasteiger partial charge in [-0.05, 0) is 37.1 Å². The highest BCUT2D eigenvalue weighted by atomic mass is 16.6. The monoisotopic (exact) mass is 271 g/mol. The number of pyridine rings is 1. The predicted molar refractivity (Wildman–Crippen MR) is 78.7 cm³/mol. The summed E-state index contributed by atoms with van der Waals surface area (Å²) in [4.78, 5) is 14.7. The van der Waals surface area contributed by atoms with E-state index < -0.39 is 0 Å². The standard InChI is InChI=1S/C15H17N3O2/c1-3-12-4-5-14(10-15(12)18(19)20)17-11(2)13-6-8-16-9-7-13/h4-11,17H,3H2,1-2H3. The molecule has 0 radical (unpaired) electrons. The van der Waals surface area contributed by atoms with Gasteiger partial charge in [0.2, 0.25) is 0 Å². The maximum atomic E-state index is 11.1. The van der Waals surface area contributed by atoms with Crippen LogP contribution in [-0.2, 0) is 6.42 Å². The SMILES string of the molecule is CCc1ccc(NC(C)c2ccncc2)cc1[N+](=O)[O-]. The van der Waals surface area contributed by atoms with E-state index in [1.807, 2.05) is 32.0 Å². The minimum atomic E-state index is -0.332. The molecule has 104 valence electrons. The van der Waals surface area contributed by atoms with Crippen molar-refractivity contribution in [2.45, 2.75) is 26.3 Å². The van der Waals surface area contributed by atoms with Gasteiger partial charge in [-0.25, -0.2) is 0 Å². The number of aryl methyl sites for hydroxylation is 1. The minimum Gasteiger partial charge on any atom is -0.378 e. The Morgan fingerprint density at radius 1 is 1.30 bits per heavy atom. The molecule has 0 aliphatic carbocycles. The fourth-order valence-electron chi connectivity index (χ4n) is 2.11. The lowest BCUT2D eigenvalue weighted by molar-refractivity contribution is -0.385. The summed E-state index contributed by atoms with van der Waals surface area (Å²) < 4.78 is 0. The normalized spacial score (nSPS) is 11.9. The molecule has 0 fully saturated rings. The van der Waals surface area contributed by atoms with Crippen LogP contribution in [0.2, 0.25) is 0 Å². The van der Waals surface area contributed by atoms with Crippen LogP contribution in [0.5, 0.6) is 0 Å². The average Bonchev–Trinajstić information content (AvgIpc) is 2.48. The molecule has 5 heteroatoms. The zero-order valence-corrected chi connectivity index (χ0v) is 11.5. The molecular weight excluding hydrogens is 254 g/mol. The van der Waals surface area contributed by atoms with Gasteiger partial charge in [0.05, 0.1) is 4.92 Å². The first-order valence-electron chi connectivity index (χ1n) is 6.55. The van der Waals surface area contributed by atoms with Crippen LogP contribution in [-0.4, -0.2) is 9.91 Å². The topological polar surface area (TPSA) is 68.1 Å². The largest absolute Gasteiger partial charge is 0.378 e. The molecule has 0 amide bonds. The number of benzene rings is 1. The van der Waals surface area contributed by atoms with E-state index in [0.29, 0.717) is 6.42 Å². The maximum absolute atomic E-state index is 11.1.